The summed E-state index contributed by atoms with van der Waals surface area (Å²) in [5.74, 6) is 0.548. The monoisotopic (exact) mass is 439 g/mol. The zero-order valence-electron chi connectivity index (χ0n) is 13.8. The number of nitrogens with zero attached hydrogens (tertiary/aromatic N) is 1. The van der Waals surface area contributed by atoms with Crippen molar-refractivity contribution in [2.45, 2.75) is 13.3 Å². The number of hydrogen-bond acceptors (Lipinski definition) is 3. The van der Waals surface area contributed by atoms with E-state index in [1.54, 1.807) is 19.2 Å². The quantitative estimate of drug-likeness (QED) is 0.254. The molecule has 0 fully saturated rings. The molecule has 7 heteroatoms. The van der Waals surface area contributed by atoms with Gasteiger partial charge in [0, 0.05) is 20.2 Å². The van der Waals surface area contributed by atoms with Crippen LogP contribution in [0.1, 0.15) is 12.5 Å². The number of ether oxygens (including phenoxy) is 2. The molecule has 0 amide bonds. The molecule has 1 aromatic rings. The Hall–Kier alpha value is -0.930. The van der Waals surface area contributed by atoms with E-state index < -0.39 is 0 Å². The number of benzene rings is 1. The number of nitrogens with one attached hydrogen (secondary N) is 2. The van der Waals surface area contributed by atoms with Crippen LogP contribution in [0.4, 0.5) is 4.39 Å². The lowest BCUT2D eigenvalue weighted by Crippen LogP contribution is -2.38. The van der Waals surface area contributed by atoms with Crippen LogP contribution in [0.3, 0.4) is 0 Å². The Balaban J connectivity index is 0.00000484. The summed E-state index contributed by atoms with van der Waals surface area (Å²) in [4.78, 5) is 4.40. The molecule has 1 aromatic carbocycles. The number of rotatable bonds is 10. The lowest BCUT2D eigenvalue weighted by Gasteiger charge is -2.11. The Kier molecular flexibility index (Phi) is 14.1. The second kappa shape index (κ2) is 14.6. The smallest absolute Gasteiger partial charge is 0.191 e. The van der Waals surface area contributed by atoms with Crippen molar-refractivity contribution in [1.29, 1.82) is 0 Å². The van der Waals surface area contributed by atoms with Gasteiger partial charge in [-0.1, -0.05) is 18.2 Å². The third kappa shape index (κ3) is 10.5. The molecule has 0 aliphatic carbocycles. The molecule has 23 heavy (non-hydrogen) atoms. The first-order valence-corrected chi connectivity index (χ1v) is 7.60. The first-order valence-electron chi connectivity index (χ1n) is 7.60. The highest BCUT2D eigenvalue weighted by atomic mass is 127. The van der Waals surface area contributed by atoms with E-state index in [2.05, 4.69) is 15.6 Å². The predicted molar refractivity (Wildman–Crippen MR) is 102 cm³/mol. The Morgan fingerprint density at radius 3 is 2.65 bits per heavy atom. The Bertz CT molecular complexity index is 447. The first kappa shape index (κ1) is 22.1. The van der Waals surface area contributed by atoms with Gasteiger partial charge >= 0.3 is 0 Å². The van der Waals surface area contributed by atoms with Crippen LogP contribution < -0.4 is 10.6 Å². The summed E-state index contributed by atoms with van der Waals surface area (Å²) < 4.78 is 23.8. The van der Waals surface area contributed by atoms with E-state index in [0.717, 1.165) is 6.54 Å². The minimum absolute atomic E-state index is 0. The molecule has 0 spiro atoms. The zero-order valence-corrected chi connectivity index (χ0v) is 16.1. The van der Waals surface area contributed by atoms with E-state index in [0.29, 0.717) is 50.9 Å². The average molecular weight is 439 g/mol. The lowest BCUT2D eigenvalue weighted by molar-refractivity contribution is 0.0748. The molecule has 0 aliphatic rings. The molecule has 0 saturated carbocycles. The largest absolute Gasteiger partial charge is 0.382 e. The molecule has 0 saturated heterocycles. The number of halogens is 2. The number of guanidine groups is 1. The van der Waals surface area contributed by atoms with Crippen molar-refractivity contribution in [3.05, 3.63) is 35.6 Å². The van der Waals surface area contributed by atoms with Crippen LogP contribution in [-0.2, 0) is 15.9 Å². The van der Waals surface area contributed by atoms with Crippen LogP contribution in [0.25, 0.3) is 0 Å². The molecule has 5 nitrogen and oxygen atoms in total. The molecule has 0 bridgehead atoms. The van der Waals surface area contributed by atoms with Gasteiger partial charge < -0.3 is 20.1 Å². The van der Waals surface area contributed by atoms with E-state index in [-0.39, 0.29) is 29.8 Å². The average Bonchev–Trinajstić information content (AvgIpc) is 2.52. The summed E-state index contributed by atoms with van der Waals surface area (Å²) in [6.45, 7) is 5.68. The normalized spacial score (nSPS) is 11.0. The lowest BCUT2D eigenvalue weighted by atomic mass is 10.1. The summed E-state index contributed by atoms with van der Waals surface area (Å²) in [5, 5.41) is 6.34. The zero-order chi connectivity index (χ0) is 16.0. The van der Waals surface area contributed by atoms with Gasteiger partial charge in [0.25, 0.3) is 0 Å². The standard InChI is InChI=1S/C16H26FN3O2.HI/c1-3-18-16(20-10-11-22-13-12-21-2)19-9-8-14-6-4-5-7-15(14)17;/h4-7H,3,8-13H2,1-2H3,(H2,18,19,20);1H. The highest BCUT2D eigenvalue weighted by molar-refractivity contribution is 14.0. The van der Waals surface area contributed by atoms with Gasteiger partial charge in [-0.05, 0) is 25.0 Å². The fraction of sp³-hybridized carbons (Fsp3) is 0.562. The summed E-state index contributed by atoms with van der Waals surface area (Å²) in [7, 11) is 1.64. The summed E-state index contributed by atoms with van der Waals surface area (Å²) >= 11 is 0. The summed E-state index contributed by atoms with van der Waals surface area (Å²) in [6, 6.07) is 6.81. The van der Waals surface area contributed by atoms with E-state index in [4.69, 9.17) is 9.47 Å². The van der Waals surface area contributed by atoms with Crippen molar-refractivity contribution in [2.24, 2.45) is 4.99 Å². The van der Waals surface area contributed by atoms with Gasteiger partial charge in [-0.2, -0.15) is 0 Å². The number of methoxy groups -OCH3 is 1. The van der Waals surface area contributed by atoms with Gasteiger partial charge in [0.15, 0.2) is 5.96 Å². The van der Waals surface area contributed by atoms with Crippen LogP contribution in [0, 0.1) is 5.82 Å². The van der Waals surface area contributed by atoms with Crippen molar-refractivity contribution in [2.75, 3.05) is 46.6 Å². The van der Waals surface area contributed by atoms with E-state index in [9.17, 15) is 4.39 Å². The minimum Gasteiger partial charge on any atom is -0.382 e. The van der Waals surface area contributed by atoms with Gasteiger partial charge in [0.05, 0.1) is 26.4 Å². The van der Waals surface area contributed by atoms with Gasteiger partial charge in [-0.3, -0.25) is 4.99 Å². The minimum atomic E-state index is -0.169. The SMILES string of the molecule is CCNC(=NCCOCCOC)NCCc1ccccc1F.I. The summed E-state index contributed by atoms with van der Waals surface area (Å²) in [5.41, 5.74) is 0.703. The van der Waals surface area contributed by atoms with Crippen molar-refractivity contribution in [3.63, 3.8) is 0 Å². The molecule has 0 heterocycles. The highest BCUT2D eigenvalue weighted by Crippen LogP contribution is 2.05. The van der Waals surface area contributed by atoms with Gasteiger partial charge in [0.2, 0.25) is 0 Å². The highest BCUT2D eigenvalue weighted by Gasteiger charge is 2.01. The van der Waals surface area contributed by atoms with Crippen molar-refractivity contribution in [3.8, 4) is 0 Å². The summed E-state index contributed by atoms with van der Waals surface area (Å²) in [6.07, 6.45) is 0.613. The molecule has 132 valence electrons. The molecule has 0 radical (unpaired) electrons. The predicted octanol–water partition coefficient (Wildman–Crippen LogP) is 2.20. The van der Waals surface area contributed by atoms with Crippen LogP contribution in [0.15, 0.2) is 29.3 Å². The molecular weight excluding hydrogens is 412 g/mol. The third-order valence-corrected chi connectivity index (χ3v) is 2.93. The molecule has 0 atom stereocenters. The Morgan fingerprint density at radius 1 is 1.17 bits per heavy atom. The molecule has 0 aliphatic heterocycles. The van der Waals surface area contributed by atoms with Crippen LogP contribution in [-0.4, -0.2) is 52.5 Å². The molecule has 2 N–H and O–H groups in total. The van der Waals surface area contributed by atoms with Crippen LogP contribution in [0.5, 0.6) is 0 Å². The second-order valence-corrected chi connectivity index (χ2v) is 4.63. The first-order chi connectivity index (χ1) is 10.8. The van der Waals surface area contributed by atoms with Crippen LogP contribution in [0.2, 0.25) is 0 Å². The Morgan fingerprint density at radius 2 is 1.96 bits per heavy atom. The van der Waals surface area contributed by atoms with E-state index >= 15 is 0 Å². The van der Waals surface area contributed by atoms with Crippen molar-refractivity contribution in [1.82, 2.24) is 10.6 Å². The van der Waals surface area contributed by atoms with Gasteiger partial charge in [-0.25, -0.2) is 4.39 Å². The Labute approximate surface area is 155 Å². The number of aliphatic imine (C=N–C) groups is 1. The second-order valence-electron chi connectivity index (χ2n) is 4.63. The molecule has 1 rings (SSSR count). The molecule has 0 aromatic heterocycles. The van der Waals surface area contributed by atoms with Crippen LogP contribution >= 0.6 is 24.0 Å². The van der Waals surface area contributed by atoms with Crippen molar-refractivity contribution < 1.29 is 13.9 Å². The maximum atomic E-state index is 13.5. The number of hydrogen-bond donors (Lipinski definition) is 2. The van der Waals surface area contributed by atoms with E-state index in [1.807, 2.05) is 13.0 Å². The fourth-order valence-electron chi connectivity index (χ4n) is 1.82. The van der Waals surface area contributed by atoms with E-state index in [1.165, 1.54) is 6.07 Å². The third-order valence-electron chi connectivity index (χ3n) is 2.93. The topological polar surface area (TPSA) is 54.9 Å². The van der Waals surface area contributed by atoms with Crippen molar-refractivity contribution >= 4 is 29.9 Å². The van der Waals surface area contributed by atoms with Gasteiger partial charge in [-0.15, -0.1) is 24.0 Å². The maximum Gasteiger partial charge on any atom is 0.191 e. The molecular formula is C16H27FIN3O2. The molecule has 0 unspecified atom stereocenters. The maximum absolute atomic E-state index is 13.5. The fourth-order valence-corrected chi connectivity index (χ4v) is 1.82. The van der Waals surface area contributed by atoms with Gasteiger partial charge in [0.1, 0.15) is 5.82 Å².